The molecule has 1 aliphatic heterocycles. The minimum atomic E-state index is -0.264. The number of carbonyl (C=O) groups excluding carboxylic acids is 1. The number of rotatable bonds is 2. The second kappa shape index (κ2) is 7.38. The Morgan fingerprint density at radius 3 is 2.40 bits per heavy atom. The molecule has 30 heavy (non-hydrogen) atoms. The lowest BCUT2D eigenvalue weighted by molar-refractivity contribution is -0.116. The van der Waals surface area contributed by atoms with Gasteiger partial charge >= 0.3 is 0 Å². The SMILES string of the molecule is Cc1ccc2c(c1)NC(c1ccc(O)cc1)C1=C(CC(c3ccccc3)CC1=O)N2. The Balaban J connectivity index is 1.62. The zero-order valence-electron chi connectivity index (χ0n) is 16.9. The first kappa shape index (κ1) is 18.5. The zero-order valence-corrected chi connectivity index (χ0v) is 16.9. The van der Waals surface area contributed by atoms with Gasteiger partial charge in [0.15, 0.2) is 5.78 Å². The predicted molar refractivity (Wildman–Crippen MR) is 120 cm³/mol. The van der Waals surface area contributed by atoms with Crippen LogP contribution in [-0.4, -0.2) is 10.9 Å². The Kier molecular flexibility index (Phi) is 4.55. The molecule has 2 unspecified atom stereocenters. The maximum Gasteiger partial charge on any atom is 0.163 e. The van der Waals surface area contributed by atoms with Crippen molar-refractivity contribution in [3.05, 3.63) is 101 Å². The van der Waals surface area contributed by atoms with E-state index in [4.69, 9.17) is 0 Å². The van der Waals surface area contributed by atoms with Gasteiger partial charge in [-0.25, -0.2) is 0 Å². The molecule has 2 aliphatic rings. The second-order valence-corrected chi connectivity index (χ2v) is 8.17. The van der Waals surface area contributed by atoms with E-state index < -0.39 is 0 Å². The number of phenols is 1. The molecule has 0 amide bonds. The van der Waals surface area contributed by atoms with Gasteiger partial charge in [-0.15, -0.1) is 0 Å². The van der Waals surface area contributed by atoms with Gasteiger partial charge in [-0.3, -0.25) is 4.79 Å². The fourth-order valence-corrected chi connectivity index (χ4v) is 4.54. The summed E-state index contributed by atoms with van der Waals surface area (Å²) in [7, 11) is 0. The van der Waals surface area contributed by atoms with Crippen LogP contribution in [0.5, 0.6) is 5.75 Å². The smallest absolute Gasteiger partial charge is 0.163 e. The highest BCUT2D eigenvalue weighted by atomic mass is 16.3. The predicted octanol–water partition coefficient (Wildman–Crippen LogP) is 5.68. The van der Waals surface area contributed by atoms with Crippen molar-refractivity contribution < 1.29 is 9.90 Å². The number of benzene rings is 3. The first-order chi connectivity index (χ1) is 14.6. The molecular formula is C26H24N2O2. The summed E-state index contributed by atoms with van der Waals surface area (Å²) in [4.78, 5) is 13.4. The Bertz CT molecular complexity index is 1130. The number of nitrogens with one attached hydrogen (secondary N) is 2. The molecule has 1 heterocycles. The summed E-state index contributed by atoms with van der Waals surface area (Å²) in [6, 6.07) is 23.4. The normalized spacial score (nSPS) is 20.5. The molecule has 2 atom stereocenters. The Hall–Kier alpha value is -3.53. The van der Waals surface area contributed by atoms with Crippen molar-refractivity contribution in [3.8, 4) is 5.75 Å². The van der Waals surface area contributed by atoms with Gasteiger partial charge in [-0.1, -0.05) is 48.5 Å². The lowest BCUT2D eigenvalue weighted by Crippen LogP contribution is -2.26. The quantitative estimate of drug-likeness (QED) is 0.521. The van der Waals surface area contributed by atoms with Crippen molar-refractivity contribution in [2.24, 2.45) is 0 Å². The molecule has 4 nitrogen and oxygen atoms in total. The molecule has 0 bridgehead atoms. The lowest BCUT2D eigenvalue weighted by atomic mass is 9.78. The van der Waals surface area contributed by atoms with Gasteiger partial charge in [-0.05, 0) is 60.2 Å². The highest BCUT2D eigenvalue weighted by Crippen LogP contribution is 2.44. The van der Waals surface area contributed by atoms with Crippen molar-refractivity contribution in [2.75, 3.05) is 10.6 Å². The third-order valence-electron chi connectivity index (χ3n) is 6.05. The Labute approximate surface area is 176 Å². The van der Waals surface area contributed by atoms with Crippen LogP contribution in [0.25, 0.3) is 0 Å². The first-order valence-electron chi connectivity index (χ1n) is 10.3. The lowest BCUT2D eigenvalue weighted by Gasteiger charge is -2.30. The third kappa shape index (κ3) is 3.35. The number of fused-ring (bicyclic) bond motifs is 1. The minimum Gasteiger partial charge on any atom is -0.508 e. The van der Waals surface area contributed by atoms with Crippen molar-refractivity contribution in [1.29, 1.82) is 0 Å². The topological polar surface area (TPSA) is 61.4 Å². The van der Waals surface area contributed by atoms with Gasteiger partial charge in [0.25, 0.3) is 0 Å². The van der Waals surface area contributed by atoms with Gasteiger partial charge in [0.2, 0.25) is 0 Å². The van der Waals surface area contributed by atoms with Crippen LogP contribution in [0.2, 0.25) is 0 Å². The van der Waals surface area contributed by atoms with Crippen LogP contribution in [0.4, 0.5) is 11.4 Å². The number of allylic oxidation sites excluding steroid dienone is 1. The average molecular weight is 396 g/mol. The number of phenolic OH excluding ortho intramolecular Hbond substituents is 1. The summed E-state index contributed by atoms with van der Waals surface area (Å²) in [5.41, 5.74) is 7.04. The van der Waals surface area contributed by atoms with Gasteiger partial charge in [0.1, 0.15) is 5.75 Å². The average Bonchev–Trinajstić information content (AvgIpc) is 2.91. The zero-order chi connectivity index (χ0) is 20.7. The fourth-order valence-electron chi connectivity index (χ4n) is 4.54. The summed E-state index contributed by atoms with van der Waals surface area (Å²) >= 11 is 0. The number of aromatic hydroxyl groups is 1. The largest absolute Gasteiger partial charge is 0.508 e. The third-order valence-corrected chi connectivity index (χ3v) is 6.05. The Morgan fingerprint density at radius 2 is 1.63 bits per heavy atom. The molecular weight excluding hydrogens is 372 g/mol. The van der Waals surface area contributed by atoms with Gasteiger partial charge in [0.05, 0.1) is 17.4 Å². The number of ketones is 1. The van der Waals surface area contributed by atoms with E-state index in [0.29, 0.717) is 6.42 Å². The summed E-state index contributed by atoms with van der Waals surface area (Å²) < 4.78 is 0. The van der Waals surface area contributed by atoms with Crippen LogP contribution in [0.15, 0.2) is 84.1 Å². The molecule has 0 radical (unpaired) electrons. The van der Waals surface area contributed by atoms with Crippen LogP contribution in [0.1, 0.15) is 41.5 Å². The highest BCUT2D eigenvalue weighted by Gasteiger charge is 2.36. The monoisotopic (exact) mass is 396 g/mol. The van der Waals surface area contributed by atoms with E-state index in [0.717, 1.165) is 40.2 Å². The first-order valence-corrected chi connectivity index (χ1v) is 10.3. The molecule has 1 aliphatic carbocycles. The van der Waals surface area contributed by atoms with Crippen molar-refractivity contribution >= 4 is 17.2 Å². The molecule has 150 valence electrons. The van der Waals surface area contributed by atoms with Crippen molar-refractivity contribution in [2.45, 2.75) is 31.7 Å². The number of carbonyl (C=O) groups is 1. The number of hydrogen-bond acceptors (Lipinski definition) is 4. The molecule has 0 saturated heterocycles. The molecule has 0 aromatic heterocycles. The number of hydrogen-bond donors (Lipinski definition) is 3. The molecule has 0 saturated carbocycles. The van der Waals surface area contributed by atoms with Crippen LogP contribution in [-0.2, 0) is 4.79 Å². The number of anilines is 2. The molecule has 4 heteroatoms. The summed E-state index contributed by atoms with van der Waals surface area (Å²) in [6.07, 6.45) is 1.28. The van der Waals surface area contributed by atoms with Crippen molar-refractivity contribution in [3.63, 3.8) is 0 Å². The summed E-state index contributed by atoms with van der Waals surface area (Å²) in [5.74, 6) is 0.542. The summed E-state index contributed by atoms with van der Waals surface area (Å²) in [6.45, 7) is 2.06. The van der Waals surface area contributed by atoms with E-state index in [1.807, 2.05) is 30.3 Å². The number of Topliss-reactive ketones (excluding diaryl/α,β-unsaturated/α-hetero) is 1. The van der Waals surface area contributed by atoms with E-state index in [-0.39, 0.29) is 23.5 Å². The van der Waals surface area contributed by atoms with Crippen LogP contribution < -0.4 is 10.6 Å². The molecule has 3 aromatic carbocycles. The van der Waals surface area contributed by atoms with E-state index in [2.05, 4.69) is 47.9 Å². The molecule has 3 aromatic rings. The van der Waals surface area contributed by atoms with E-state index in [9.17, 15) is 9.90 Å². The van der Waals surface area contributed by atoms with Gasteiger partial charge in [-0.2, -0.15) is 0 Å². The van der Waals surface area contributed by atoms with Crippen molar-refractivity contribution in [1.82, 2.24) is 0 Å². The number of aryl methyl sites for hydroxylation is 1. The van der Waals surface area contributed by atoms with E-state index in [1.165, 1.54) is 5.56 Å². The van der Waals surface area contributed by atoms with E-state index >= 15 is 0 Å². The standard InChI is InChI=1S/C26H24N2O2/c1-16-7-12-21-22(13-16)28-26(18-8-10-20(29)11-9-18)25-23(27-21)14-19(15-24(25)30)17-5-3-2-4-6-17/h2-13,19,26-29H,14-15H2,1H3. The highest BCUT2D eigenvalue weighted by molar-refractivity contribution is 6.01. The molecule has 0 fully saturated rings. The fraction of sp³-hybridized carbons (Fsp3) is 0.192. The minimum absolute atomic E-state index is 0.160. The maximum absolute atomic E-state index is 13.4. The van der Waals surface area contributed by atoms with Crippen LogP contribution >= 0.6 is 0 Å². The summed E-state index contributed by atoms with van der Waals surface area (Å²) in [5, 5.41) is 16.9. The maximum atomic E-state index is 13.4. The van der Waals surface area contributed by atoms with Crippen LogP contribution in [0.3, 0.4) is 0 Å². The second-order valence-electron chi connectivity index (χ2n) is 8.17. The van der Waals surface area contributed by atoms with Gasteiger partial charge < -0.3 is 15.7 Å². The van der Waals surface area contributed by atoms with Gasteiger partial charge in [0, 0.05) is 17.7 Å². The molecule has 5 rings (SSSR count). The molecule has 3 N–H and O–H groups in total. The Morgan fingerprint density at radius 1 is 0.867 bits per heavy atom. The molecule has 0 spiro atoms. The van der Waals surface area contributed by atoms with E-state index in [1.54, 1.807) is 12.1 Å². The van der Waals surface area contributed by atoms with Crippen LogP contribution in [0, 0.1) is 6.92 Å².